The molecule has 1 aliphatic rings. The van der Waals surface area contributed by atoms with Crippen LogP contribution in [0.5, 0.6) is 5.75 Å². The van der Waals surface area contributed by atoms with E-state index in [1.54, 1.807) is 12.1 Å². The van der Waals surface area contributed by atoms with Crippen LogP contribution < -0.4 is 15.8 Å². The van der Waals surface area contributed by atoms with E-state index in [4.69, 9.17) is 15.2 Å². The van der Waals surface area contributed by atoms with Crippen molar-refractivity contribution in [2.45, 2.75) is 12.1 Å². The van der Waals surface area contributed by atoms with Gasteiger partial charge in [-0.3, -0.25) is 0 Å². The Morgan fingerprint density at radius 3 is 3.00 bits per heavy atom. The smallest absolute Gasteiger partial charge is 0.165 e. The van der Waals surface area contributed by atoms with Gasteiger partial charge in [-0.2, -0.15) is 0 Å². The first-order valence-corrected chi connectivity index (χ1v) is 5.62. The highest BCUT2D eigenvalue weighted by molar-refractivity contribution is 5.31. The first-order chi connectivity index (χ1) is 8.22. The van der Waals surface area contributed by atoms with Crippen molar-refractivity contribution in [1.29, 1.82) is 0 Å². The average molecular weight is 240 g/mol. The van der Waals surface area contributed by atoms with Gasteiger partial charge >= 0.3 is 0 Å². The zero-order chi connectivity index (χ0) is 12.3. The summed E-state index contributed by atoms with van der Waals surface area (Å²) < 4.78 is 23.8. The van der Waals surface area contributed by atoms with Gasteiger partial charge < -0.3 is 20.5 Å². The Morgan fingerprint density at radius 2 is 2.41 bits per heavy atom. The molecule has 2 atom stereocenters. The van der Waals surface area contributed by atoms with Crippen LogP contribution in [-0.2, 0) is 4.74 Å². The number of nitrogens with one attached hydrogen (secondary N) is 1. The molecule has 0 radical (unpaired) electrons. The zero-order valence-corrected chi connectivity index (χ0v) is 9.78. The summed E-state index contributed by atoms with van der Waals surface area (Å²) in [6.45, 7) is 2.02. The molecule has 5 heteroatoms. The quantitative estimate of drug-likeness (QED) is 0.821. The second-order valence-corrected chi connectivity index (χ2v) is 4.06. The number of rotatable bonds is 3. The molecule has 2 unspecified atom stereocenters. The van der Waals surface area contributed by atoms with Crippen LogP contribution in [0, 0.1) is 5.82 Å². The van der Waals surface area contributed by atoms with Crippen molar-refractivity contribution in [3.8, 4) is 5.75 Å². The van der Waals surface area contributed by atoms with Crippen LogP contribution in [0.25, 0.3) is 0 Å². The van der Waals surface area contributed by atoms with Crippen molar-refractivity contribution in [3.05, 3.63) is 29.6 Å². The molecule has 0 aliphatic carbocycles. The lowest BCUT2D eigenvalue weighted by Gasteiger charge is -2.29. The summed E-state index contributed by atoms with van der Waals surface area (Å²) in [5.41, 5.74) is 6.82. The van der Waals surface area contributed by atoms with Gasteiger partial charge in [0.2, 0.25) is 0 Å². The van der Waals surface area contributed by atoms with Crippen LogP contribution in [0.1, 0.15) is 11.6 Å². The van der Waals surface area contributed by atoms with E-state index < -0.39 is 5.82 Å². The minimum atomic E-state index is -0.392. The highest BCUT2D eigenvalue weighted by atomic mass is 19.1. The minimum absolute atomic E-state index is 0.0246. The second kappa shape index (κ2) is 5.44. The highest BCUT2D eigenvalue weighted by Crippen LogP contribution is 2.23. The van der Waals surface area contributed by atoms with E-state index in [0.29, 0.717) is 13.2 Å². The minimum Gasteiger partial charge on any atom is -0.494 e. The lowest BCUT2D eigenvalue weighted by atomic mass is 10.00. The molecule has 17 heavy (non-hydrogen) atoms. The number of hydrogen-bond donors (Lipinski definition) is 2. The van der Waals surface area contributed by atoms with Crippen molar-refractivity contribution >= 4 is 0 Å². The number of ether oxygens (including phenoxy) is 2. The molecule has 1 heterocycles. The summed E-state index contributed by atoms with van der Waals surface area (Å²) in [5.74, 6) is -0.161. The molecule has 1 aliphatic heterocycles. The van der Waals surface area contributed by atoms with Crippen LogP contribution in [0.3, 0.4) is 0 Å². The number of morpholine rings is 1. The van der Waals surface area contributed by atoms with E-state index in [2.05, 4.69) is 5.32 Å². The predicted molar refractivity (Wildman–Crippen MR) is 62.5 cm³/mol. The third-order valence-electron chi connectivity index (χ3n) is 2.94. The van der Waals surface area contributed by atoms with Gasteiger partial charge in [-0.25, -0.2) is 4.39 Å². The summed E-state index contributed by atoms with van der Waals surface area (Å²) in [7, 11) is 1.44. The number of benzene rings is 1. The highest BCUT2D eigenvalue weighted by Gasteiger charge is 2.22. The summed E-state index contributed by atoms with van der Waals surface area (Å²) in [6.07, 6.45) is 0. The van der Waals surface area contributed by atoms with Crippen molar-refractivity contribution in [2.24, 2.45) is 5.73 Å². The van der Waals surface area contributed by atoms with Crippen molar-refractivity contribution < 1.29 is 13.9 Å². The van der Waals surface area contributed by atoms with E-state index in [0.717, 1.165) is 12.1 Å². The van der Waals surface area contributed by atoms with E-state index in [1.807, 2.05) is 0 Å². The molecule has 1 aromatic rings. The van der Waals surface area contributed by atoms with Gasteiger partial charge in [0.05, 0.1) is 20.3 Å². The van der Waals surface area contributed by atoms with Crippen molar-refractivity contribution in [2.75, 3.05) is 26.9 Å². The van der Waals surface area contributed by atoms with Crippen LogP contribution >= 0.6 is 0 Å². The molecular weight excluding hydrogens is 223 g/mol. The van der Waals surface area contributed by atoms with Crippen LogP contribution in [-0.4, -0.2) is 32.9 Å². The molecule has 0 bridgehead atoms. The van der Waals surface area contributed by atoms with Gasteiger partial charge in [-0.15, -0.1) is 0 Å². The number of nitrogens with two attached hydrogens (primary N) is 1. The fraction of sp³-hybridized carbons (Fsp3) is 0.500. The Morgan fingerprint density at radius 1 is 1.59 bits per heavy atom. The van der Waals surface area contributed by atoms with E-state index >= 15 is 0 Å². The molecule has 0 aromatic heterocycles. The van der Waals surface area contributed by atoms with Crippen LogP contribution in [0.4, 0.5) is 4.39 Å². The van der Waals surface area contributed by atoms with Crippen molar-refractivity contribution in [1.82, 2.24) is 5.32 Å². The average Bonchev–Trinajstić information content (AvgIpc) is 2.39. The normalized spacial score (nSPS) is 22.2. The third-order valence-corrected chi connectivity index (χ3v) is 2.94. The Bertz CT molecular complexity index is 381. The molecule has 94 valence electrons. The molecule has 0 amide bonds. The summed E-state index contributed by atoms with van der Waals surface area (Å²) in [5, 5.41) is 3.26. The maximum Gasteiger partial charge on any atom is 0.165 e. The zero-order valence-electron chi connectivity index (χ0n) is 9.78. The Labute approximate surface area is 99.9 Å². The summed E-state index contributed by atoms with van der Waals surface area (Å²) >= 11 is 0. The Hall–Kier alpha value is -1.17. The molecule has 3 N–H and O–H groups in total. The second-order valence-electron chi connectivity index (χ2n) is 4.06. The fourth-order valence-corrected chi connectivity index (χ4v) is 1.94. The summed E-state index contributed by atoms with van der Waals surface area (Å²) in [4.78, 5) is 0. The first-order valence-electron chi connectivity index (χ1n) is 5.62. The van der Waals surface area contributed by atoms with E-state index in [-0.39, 0.29) is 17.8 Å². The van der Waals surface area contributed by atoms with Crippen molar-refractivity contribution in [3.63, 3.8) is 0 Å². The van der Waals surface area contributed by atoms with Crippen LogP contribution in [0.15, 0.2) is 18.2 Å². The number of halogens is 1. The molecule has 1 fully saturated rings. The molecular formula is C12H17FN2O2. The molecule has 4 nitrogen and oxygen atoms in total. The Kier molecular flexibility index (Phi) is 3.93. The van der Waals surface area contributed by atoms with Gasteiger partial charge in [0, 0.05) is 18.6 Å². The largest absolute Gasteiger partial charge is 0.494 e. The first kappa shape index (κ1) is 12.3. The molecule has 2 rings (SSSR count). The SMILES string of the molecule is COc1ccc(C(N)C2COCCN2)cc1F. The van der Waals surface area contributed by atoms with Gasteiger partial charge in [0.15, 0.2) is 11.6 Å². The van der Waals surface area contributed by atoms with Gasteiger partial charge in [0.1, 0.15) is 0 Å². The number of hydrogen-bond acceptors (Lipinski definition) is 4. The van der Waals surface area contributed by atoms with Gasteiger partial charge in [-0.05, 0) is 17.7 Å². The Balaban J connectivity index is 2.12. The molecule has 1 aromatic carbocycles. The topological polar surface area (TPSA) is 56.5 Å². The van der Waals surface area contributed by atoms with Gasteiger partial charge in [0.25, 0.3) is 0 Å². The maximum absolute atomic E-state index is 13.5. The van der Waals surface area contributed by atoms with Crippen LogP contribution in [0.2, 0.25) is 0 Å². The summed E-state index contributed by atoms with van der Waals surface area (Å²) in [6, 6.07) is 4.53. The maximum atomic E-state index is 13.5. The van der Waals surface area contributed by atoms with E-state index in [9.17, 15) is 4.39 Å². The molecule has 0 saturated carbocycles. The lowest BCUT2D eigenvalue weighted by Crippen LogP contribution is -2.47. The van der Waals surface area contributed by atoms with E-state index in [1.165, 1.54) is 13.2 Å². The lowest BCUT2D eigenvalue weighted by molar-refractivity contribution is 0.0684. The van der Waals surface area contributed by atoms with Gasteiger partial charge in [-0.1, -0.05) is 6.07 Å². The molecule has 1 saturated heterocycles. The molecule has 0 spiro atoms. The standard InChI is InChI=1S/C12H17FN2O2/c1-16-11-3-2-8(6-9(11)13)12(14)10-7-17-5-4-15-10/h2-3,6,10,12,15H,4-5,7,14H2,1H3. The third kappa shape index (κ3) is 2.74. The number of methoxy groups -OCH3 is 1. The fourth-order valence-electron chi connectivity index (χ4n) is 1.94. The monoisotopic (exact) mass is 240 g/mol. The predicted octanol–water partition coefficient (Wildman–Crippen LogP) is 0.822.